The standard InChI is InChI=1S/C17H9N3O6S/c21-13-5-6-18-12-3-1-9(7-11(12)13)19-16(22)14(27-17(19)23)8-10-2-4-15(26-10)20(24)25/h1-8H,(H,18,21)/b14-8-. The summed E-state index contributed by atoms with van der Waals surface area (Å²) in [6, 6.07) is 8.46. The number of hydrogen-bond donors (Lipinski definition) is 1. The van der Waals surface area contributed by atoms with E-state index in [1.54, 1.807) is 12.1 Å². The number of imide groups is 1. The summed E-state index contributed by atoms with van der Waals surface area (Å²) in [7, 11) is 0. The number of nitro groups is 1. The third-order valence-corrected chi connectivity index (χ3v) is 4.73. The van der Waals surface area contributed by atoms with Crippen LogP contribution in [0.2, 0.25) is 0 Å². The lowest BCUT2D eigenvalue weighted by Crippen LogP contribution is -2.27. The fourth-order valence-electron chi connectivity index (χ4n) is 2.64. The first-order chi connectivity index (χ1) is 12.9. The Morgan fingerprint density at radius 3 is 2.70 bits per heavy atom. The van der Waals surface area contributed by atoms with E-state index >= 15 is 0 Å². The van der Waals surface area contributed by atoms with Crippen molar-refractivity contribution in [2.75, 3.05) is 4.90 Å². The molecular formula is C17H9N3O6S. The molecule has 1 aliphatic heterocycles. The molecule has 2 aromatic heterocycles. The Hall–Kier alpha value is -3.66. The van der Waals surface area contributed by atoms with Crippen LogP contribution in [0.1, 0.15) is 5.76 Å². The molecule has 0 atom stereocenters. The smallest absolute Gasteiger partial charge is 0.401 e. The van der Waals surface area contributed by atoms with Gasteiger partial charge in [0.2, 0.25) is 0 Å². The zero-order valence-electron chi connectivity index (χ0n) is 13.4. The summed E-state index contributed by atoms with van der Waals surface area (Å²) < 4.78 is 4.99. The Bertz CT molecular complexity index is 1210. The van der Waals surface area contributed by atoms with Crippen molar-refractivity contribution in [1.82, 2.24) is 4.98 Å². The van der Waals surface area contributed by atoms with E-state index in [1.807, 2.05) is 0 Å². The maximum Gasteiger partial charge on any atom is 0.433 e. The average Bonchev–Trinajstić information content (AvgIpc) is 3.21. The number of nitrogens with zero attached hydrogens (tertiary/aromatic N) is 2. The van der Waals surface area contributed by atoms with Gasteiger partial charge >= 0.3 is 5.88 Å². The van der Waals surface area contributed by atoms with Crippen LogP contribution < -0.4 is 10.3 Å². The molecule has 3 heterocycles. The molecule has 0 bridgehead atoms. The average molecular weight is 383 g/mol. The van der Waals surface area contributed by atoms with Crippen LogP contribution in [0, 0.1) is 10.1 Å². The zero-order chi connectivity index (χ0) is 19.1. The largest absolute Gasteiger partial charge is 0.433 e. The molecule has 0 spiro atoms. The number of nitrogens with one attached hydrogen (secondary N) is 1. The van der Waals surface area contributed by atoms with Gasteiger partial charge in [0.15, 0.2) is 5.43 Å². The molecule has 1 N–H and O–H groups in total. The van der Waals surface area contributed by atoms with Crippen molar-refractivity contribution < 1.29 is 18.9 Å². The minimum atomic E-state index is -0.699. The number of furan rings is 1. The molecule has 10 heteroatoms. The second-order valence-electron chi connectivity index (χ2n) is 5.52. The lowest BCUT2D eigenvalue weighted by atomic mass is 10.2. The normalized spacial score (nSPS) is 15.9. The number of aromatic amines is 1. The van der Waals surface area contributed by atoms with Crippen molar-refractivity contribution in [3.8, 4) is 0 Å². The number of pyridine rings is 1. The summed E-state index contributed by atoms with van der Waals surface area (Å²) in [5.41, 5.74) is 0.600. The van der Waals surface area contributed by atoms with Gasteiger partial charge in [-0.1, -0.05) is 0 Å². The van der Waals surface area contributed by atoms with Gasteiger partial charge in [-0.2, -0.15) is 0 Å². The summed E-state index contributed by atoms with van der Waals surface area (Å²) in [5.74, 6) is -0.979. The minimum Gasteiger partial charge on any atom is -0.401 e. The highest BCUT2D eigenvalue weighted by Crippen LogP contribution is 2.36. The summed E-state index contributed by atoms with van der Waals surface area (Å²) in [5, 5.41) is 10.5. The first kappa shape index (κ1) is 16.8. The number of hydrogen-bond acceptors (Lipinski definition) is 7. The molecule has 0 radical (unpaired) electrons. The fourth-order valence-corrected chi connectivity index (χ4v) is 3.46. The number of fused-ring (bicyclic) bond motifs is 1. The Balaban J connectivity index is 1.70. The Morgan fingerprint density at radius 2 is 1.96 bits per heavy atom. The van der Waals surface area contributed by atoms with Crippen LogP contribution in [-0.4, -0.2) is 21.1 Å². The zero-order valence-corrected chi connectivity index (χ0v) is 14.2. The van der Waals surface area contributed by atoms with Crippen molar-refractivity contribution in [2.45, 2.75) is 0 Å². The van der Waals surface area contributed by atoms with E-state index in [9.17, 15) is 24.5 Å². The minimum absolute atomic E-state index is 0.0614. The number of amides is 2. The quantitative estimate of drug-likeness (QED) is 0.418. The van der Waals surface area contributed by atoms with Gasteiger partial charge in [-0.3, -0.25) is 24.5 Å². The molecule has 1 aromatic carbocycles. The number of carbonyl (C=O) groups is 2. The highest BCUT2D eigenvalue weighted by molar-refractivity contribution is 8.19. The van der Waals surface area contributed by atoms with Crippen molar-refractivity contribution in [3.05, 3.63) is 73.6 Å². The van der Waals surface area contributed by atoms with Gasteiger partial charge < -0.3 is 9.40 Å². The molecule has 9 nitrogen and oxygen atoms in total. The Kier molecular flexibility index (Phi) is 3.89. The lowest BCUT2D eigenvalue weighted by molar-refractivity contribution is -0.402. The second-order valence-corrected chi connectivity index (χ2v) is 6.52. The van der Waals surface area contributed by atoms with E-state index < -0.39 is 22.0 Å². The Morgan fingerprint density at radius 1 is 1.15 bits per heavy atom. The maximum absolute atomic E-state index is 12.6. The van der Waals surface area contributed by atoms with Crippen LogP contribution in [0.3, 0.4) is 0 Å². The number of H-pyrrole nitrogens is 1. The number of anilines is 1. The van der Waals surface area contributed by atoms with E-state index in [-0.39, 0.29) is 21.8 Å². The molecule has 0 saturated carbocycles. The van der Waals surface area contributed by atoms with Crippen LogP contribution in [0.25, 0.3) is 17.0 Å². The molecular weight excluding hydrogens is 374 g/mol. The monoisotopic (exact) mass is 383 g/mol. The first-order valence-electron chi connectivity index (χ1n) is 7.58. The van der Waals surface area contributed by atoms with Crippen molar-refractivity contribution in [3.63, 3.8) is 0 Å². The number of thioether (sulfide) groups is 1. The molecule has 0 unspecified atom stereocenters. The van der Waals surface area contributed by atoms with Crippen molar-refractivity contribution >= 4 is 51.5 Å². The van der Waals surface area contributed by atoms with Crippen LogP contribution in [0.15, 0.2) is 56.7 Å². The van der Waals surface area contributed by atoms with E-state index in [4.69, 9.17) is 4.42 Å². The molecule has 1 aliphatic rings. The van der Waals surface area contributed by atoms with Gasteiger partial charge in [0.1, 0.15) is 10.7 Å². The molecule has 3 aromatic rings. The molecule has 0 aliphatic carbocycles. The summed E-state index contributed by atoms with van der Waals surface area (Å²) in [6.07, 6.45) is 2.78. The van der Waals surface area contributed by atoms with Gasteiger partial charge in [0.25, 0.3) is 11.1 Å². The van der Waals surface area contributed by atoms with Crippen LogP contribution in [-0.2, 0) is 4.79 Å². The highest BCUT2D eigenvalue weighted by Gasteiger charge is 2.36. The topological polar surface area (TPSA) is 127 Å². The fraction of sp³-hybridized carbons (Fsp3) is 0. The number of carbonyl (C=O) groups excluding carboxylic acids is 2. The molecule has 2 amide bonds. The van der Waals surface area contributed by atoms with Gasteiger partial charge in [0, 0.05) is 29.2 Å². The van der Waals surface area contributed by atoms with Gasteiger partial charge in [0.05, 0.1) is 16.7 Å². The van der Waals surface area contributed by atoms with Crippen LogP contribution in [0.5, 0.6) is 0 Å². The van der Waals surface area contributed by atoms with Crippen LogP contribution >= 0.6 is 11.8 Å². The summed E-state index contributed by atoms with van der Waals surface area (Å²) in [4.78, 5) is 50.8. The maximum atomic E-state index is 12.6. The third kappa shape index (κ3) is 2.91. The van der Waals surface area contributed by atoms with Crippen LogP contribution in [0.4, 0.5) is 16.4 Å². The molecule has 134 valence electrons. The first-order valence-corrected chi connectivity index (χ1v) is 8.39. The predicted molar refractivity (Wildman–Crippen MR) is 98.4 cm³/mol. The number of rotatable bonds is 3. The second kappa shape index (κ2) is 6.25. The van der Waals surface area contributed by atoms with E-state index in [0.29, 0.717) is 22.7 Å². The van der Waals surface area contributed by atoms with E-state index in [0.717, 1.165) is 11.0 Å². The molecule has 27 heavy (non-hydrogen) atoms. The molecule has 4 rings (SSSR count). The molecule has 1 saturated heterocycles. The number of aromatic nitrogens is 1. The van der Waals surface area contributed by atoms with Crippen molar-refractivity contribution in [2.24, 2.45) is 0 Å². The van der Waals surface area contributed by atoms with E-state index in [2.05, 4.69) is 4.98 Å². The van der Waals surface area contributed by atoms with Gasteiger partial charge in [-0.05, 0) is 36.0 Å². The summed E-state index contributed by atoms with van der Waals surface area (Å²) >= 11 is 0.681. The number of benzene rings is 1. The molecule has 1 fully saturated rings. The van der Waals surface area contributed by atoms with Crippen molar-refractivity contribution in [1.29, 1.82) is 0 Å². The lowest BCUT2D eigenvalue weighted by Gasteiger charge is -2.12. The van der Waals surface area contributed by atoms with E-state index in [1.165, 1.54) is 30.5 Å². The predicted octanol–water partition coefficient (Wildman–Crippen LogP) is 3.27. The SMILES string of the molecule is O=C1S/C(=C\c2ccc([N+](=O)[O-])o2)C(=O)N1c1ccc2[nH]ccc(=O)c2c1. The Labute approximate surface area is 154 Å². The highest BCUT2D eigenvalue weighted by atomic mass is 32.2. The van der Waals surface area contributed by atoms with Gasteiger partial charge in [-0.15, -0.1) is 0 Å². The summed E-state index contributed by atoms with van der Waals surface area (Å²) in [6.45, 7) is 0. The van der Waals surface area contributed by atoms with Gasteiger partial charge in [-0.25, -0.2) is 4.90 Å². The third-order valence-electron chi connectivity index (χ3n) is 3.86.